The number of hydrogen-bond acceptors (Lipinski definition) is 2. The van der Waals surface area contributed by atoms with Crippen LogP contribution in [-0.4, -0.2) is 4.99 Å². The molecule has 1 aliphatic rings. The van der Waals surface area contributed by atoms with Gasteiger partial charge in [-0.25, -0.2) is 5.06 Å². The molecule has 0 aliphatic carbocycles. The Hall–Kier alpha value is -1.71. The van der Waals surface area contributed by atoms with Crippen molar-refractivity contribution < 1.29 is 4.84 Å². The molecule has 0 spiro atoms. The lowest BCUT2D eigenvalue weighted by Crippen LogP contribution is -2.20. The van der Waals surface area contributed by atoms with Crippen molar-refractivity contribution in [3.05, 3.63) is 65.7 Å². The largest absolute Gasteiger partial charge is 0.260 e. The second-order valence-electron chi connectivity index (χ2n) is 4.73. The smallest absolute Gasteiger partial charge is 0.117 e. The Kier molecular flexibility index (Phi) is 3.32. The molecule has 1 fully saturated rings. The molecule has 1 aliphatic heterocycles. The third-order valence-corrected chi connectivity index (χ3v) is 3.59. The van der Waals surface area contributed by atoms with Crippen molar-refractivity contribution in [3.8, 4) is 0 Å². The first kappa shape index (κ1) is 12.3. The highest BCUT2D eigenvalue weighted by Gasteiger charge is 2.30. The molecular weight excluding hydrogens is 254 g/mol. The minimum atomic E-state index is 0.0216. The molecule has 0 bridgehead atoms. The number of para-hydroxylation sites is 1. The fourth-order valence-electron chi connectivity index (χ4n) is 2.19. The predicted molar refractivity (Wildman–Crippen MR) is 81.1 cm³/mol. The standard InChI is InChI=1S/C16H15NOS/c1-12-7-9-13(10-8-12)15-11-16(19)17(18-15)14-5-3-2-4-6-14/h2-10,15H,11H2,1H3. The number of anilines is 1. The highest BCUT2D eigenvalue weighted by atomic mass is 32.1. The fourth-order valence-corrected chi connectivity index (χ4v) is 2.49. The van der Waals surface area contributed by atoms with Gasteiger partial charge < -0.3 is 0 Å². The molecule has 2 aromatic rings. The van der Waals surface area contributed by atoms with Crippen LogP contribution in [0.15, 0.2) is 54.6 Å². The fraction of sp³-hybridized carbons (Fsp3) is 0.188. The minimum absolute atomic E-state index is 0.0216. The zero-order chi connectivity index (χ0) is 13.2. The lowest BCUT2D eigenvalue weighted by atomic mass is 10.1. The van der Waals surface area contributed by atoms with Crippen LogP contribution in [0.3, 0.4) is 0 Å². The van der Waals surface area contributed by atoms with Gasteiger partial charge in [-0.1, -0.05) is 60.2 Å². The van der Waals surface area contributed by atoms with Gasteiger partial charge in [-0.3, -0.25) is 4.84 Å². The average Bonchev–Trinajstić information content (AvgIpc) is 2.83. The van der Waals surface area contributed by atoms with Crippen molar-refractivity contribution in [1.82, 2.24) is 0 Å². The quantitative estimate of drug-likeness (QED) is 0.758. The molecule has 1 unspecified atom stereocenters. The van der Waals surface area contributed by atoms with Crippen LogP contribution >= 0.6 is 12.2 Å². The zero-order valence-electron chi connectivity index (χ0n) is 10.7. The van der Waals surface area contributed by atoms with Gasteiger partial charge in [-0.2, -0.15) is 0 Å². The van der Waals surface area contributed by atoms with Gasteiger partial charge in [-0.15, -0.1) is 0 Å². The van der Waals surface area contributed by atoms with Crippen LogP contribution in [0.25, 0.3) is 0 Å². The minimum Gasteiger partial charge on any atom is -0.260 e. The molecule has 3 heteroatoms. The Balaban J connectivity index is 1.82. The van der Waals surface area contributed by atoms with Crippen LogP contribution < -0.4 is 5.06 Å². The molecule has 0 amide bonds. The molecule has 1 heterocycles. The highest BCUT2D eigenvalue weighted by Crippen LogP contribution is 2.33. The van der Waals surface area contributed by atoms with Crippen molar-refractivity contribution in [2.45, 2.75) is 19.4 Å². The molecule has 0 saturated carbocycles. The van der Waals surface area contributed by atoms with Gasteiger partial charge in [0, 0.05) is 6.42 Å². The number of rotatable bonds is 2. The second-order valence-corrected chi connectivity index (χ2v) is 5.20. The summed E-state index contributed by atoms with van der Waals surface area (Å²) in [6.45, 7) is 2.08. The maximum Gasteiger partial charge on any atom is 0.117 e. The van der Waals surface area contributed by atoms with Crippen molar-refractivity contribution in [2.24, 2.45) is 0 Å². The van der Waals surface area contributed by atoms with Gasteiger partial charge in [-0.05, 0) is 24.6 Å². The number of aryl methyl sites for hydroxylation is 1. The van der Waals surface area contributed by atoms with Crippen LogP contribution in [0.1, 0.15) is 23.7 Å². The van der Waals surface area contributed by atoms with Crippen LogP contribution in [-0.2, 0) is 4.84 Å². The Labute approximate surface area is 118 Å². The molecule has 0 aromatic heterocycles. The third kappa shape index (κ3) is 2.53. The van der Waals surface area contributed by atoms with E-state index in [1.54, 1.807) is 5.06 Å². The van der Waals surface area contributed by atoms with Crippen molar-refractivity contribution in [2.75, 3.05) is 5.06 Å². The third-order valence-electron chi connectivity index (χ3n) is 3.26. The van der Waals surface area contributed by atoms with Gasteiger partial charge in [0.1, 0.15) is 11.1 Å². The molecule has 2 nitrogen and oxygen atoms in total. The first-order chi connectivity index (χ1) is 9.24. The summed E-state index contributed by atoms with van der Waals surface area (Å²) in [5, 5.41) is 1.76. The Bertz CT molecular complexity index is 579. The van der Waals surface area contributed by atoms with Crippen molar-refractivity contribution in [3.63, 3.8) is 0 Å². The number of nitrogens with zero attached hydrogens (tertiary/aromatic N) is 1. The maximum absolute atomic E-state index is 5.98. The van der Waals surface area contributed by atoms with Crippen LogP contribution in [0.4, 0.5) is 5.69 Å². The molecule has 96 valence electrons. The normalized spacial score (nSPS) is 18.9. The molecule has 0 radical (unpaired) electrons. The molecule has 2 aromatic carbocycles. The summed E-state index contributed by atoms with van der Waals surface area (Å²) in [6, 6.07) is 18.4. The molecule has 3 rings (SSSR count). The van der Waals surface area contributed by atoms with Crippen LogP contribution in [0, 0.1) is 6.92 Å². The monoisotopic (exact) mass is 269 g/mol. The van der Waals surface area contributed by atoms with E-state index in [9.17, 15) is 0 Å². The van der Waals surface area contributed by atoms with E-state index < -0.39 is 0 Å². The lowest BCUT2D eigenvalue weighted by Gasteiger charge is -2.18. The average molecular weight is 269 g/mol. The van der Waals surface area contributed by atoms with Crippen LogP contribution in [0.2, 0.25) is 0 Å². The van der Waals surface area contributed by atoms with Gasteiger partial charge in [0.2, 0.25) is 0 Å². The first-order valence-corrected chi connectivity index (χ1v) is 6.76. The summed E-state index contributed by atoms with van der Waals surface area (Å²) in [4.78, 5) is 6.81. The maximum atomic E-state index is 5.98. The van der Waals surface area contributed by atoms with E-state index in [2.05, 4.69) is 31.2 Å². The van der Waals surface area contributed by atoms with Gasteiger partial charge in [0.25, 0.3) is 0 Å². The predicted octanol–water partition coefficient (Wildman–Crippen LogP) is 4.21. The lowest BCUT2D eigenvalue weighted by molar-refractivity contribution is 0.0936. The summed E-state index contributed by atoms with van der Waals surface area (Å²) in [5.74, 6) is 0. The van der Waals surface area contributed by atoms with E-state index in [0.717, 1.165) is 17.1 Å². The van der Waals surface area contributed by atoms with Gasteiger partial charge >= 0.3 is 0 Å². The summed E-state index contributed by atoms with van der Waals surface area (Å²) in [6.07, 6.45) is 0.779. The van der Waals surface area contributed by atoms with Gasteiger partial charge in [0.05, 0.1) is 5.69 Å². The number of benzene rings is 2. The second kappa shape index (κ2) is 5.11. The Morgan fingerprint density at radius 1 is 1.05 bits per heavy atom. The molecule has 0 N–H and O–H groups in total. The molecule has 1 atom stereocenters. The van der Waals surface area contributed by atoms with Crippen molar-refractivity contribution >= 4 is 22.9 Å². The molecule has 1 saturated heterocycles. The summed E-state index contributed by atoms with van der Waals surface area (Å²) >= 11 is 5.43. The SMILES string of the molecule is Cc1ccc(C2CC(=S)N(c3ccccc3)O2)cc1. The number of hydrogen-bond donors (Lipinski definition) is 0. The van der Waals surface area contributed by atoms with E-state index >= 15 is 0 Å². The highest BCUT2D eigenvalue weighted by molar-refractivity contribution is 7.80. The topological polar surface area (TPSA) is 12.5 Å². The number of hydroxylamine groups is 1. The Morgan fingerprint density at radius 3 is 2.42 bits per heavy atom. The van der Waals surface area contributed by atoms with E-state index in [1.165, 1.54) is 11.1 Å². The Morgan fingerprint density at radius 2 is 1.74 bits per heavy atom. The van der Waals surface area contributed by atoms with Gasteiger partial charge in [0.15, 0.2) is 0 Å². The summed E-state index contributed by atoms with van der Waals surface area (Å²) in [7, 11) is 0. The van der Waals surface area contributed by atoms with Crippen molar-refractivity contribution in [1.29, 1.82) is 0 Å². The molecular formula is C16H15NOS. The first-order valence-electron chi connectivity index (χ1n) is 6.35. The summed E-state index contributed by atoms with van der Waals surface area (Å²) in [5.41, 5.74) is 3.41. The molecule has 19 heavy (non-hydrogen) atoms. The van der Waals surface area contributed by atoms with Crippen LogP contribution in [0.5, 0.6) is 0 Å². The van der Waals surface area contributed by atoms with E-state index in [4.69, 9.17) is 17.1 Å². The zero-order valence-corrected chi connectivity index (χ0v) is 11.6. The summed E-state index contributed by atoms with van der Waals surface area (Å²) < 4.78 is 0. The number of thiocarbonyl (C=S) groups is 1. The van der Waals surface area contributed by atoms with E-state index in [-0.39, 0.29) is 6.10 Å². The van der Waals surface area contributed by atoms with E-state index in [0.29, 0.717) is 0 Å². The van der Waals surface area contributed by atoms with E-state index in [1.807, 2.05) is 30.3 Å².